The predicted molar refractivity (Wildman–Crippen MR) is 141 cm³/mol. The molecule has 4 rings (SSSR count). The summed E-state index contributed by atoms with van der Waals surface area (Å²) in [6.07, 6.45) is 7.65. The number of aliphatic hydroxyl groups is 1. The Bertz CT molecular complexity index is 1210. The van der Waals surface area contributed by atoms with E-state index in [9.17, 15) is 5.11 Å². The van der Waals surface area contributed by atoms with Crippen LogP contribution in [-0.2, 0) is 5.60 Å². The van der Waals surface area contributed by atoms with Crippen molar-refractivity contribution in [2.24, 2.45) is 0 Å². The van der Waals surface area contributed by atoms with Gasteiger partial charge < -0.3 is 5.11 Å². The minimum Gasteiger partial charge on any atom is -0.384 e. The number of aryl methyl sites for hydroxylation is 2. The maximum atomic E-state index is 10.7. The molecule has 0 saturated heterocycles. The molecule has 1 N–H and O–H groups in total. The Morgan fingerprint density at radius 2 is 1.79 bits per heavy atom. The van der Waals surface area contributed by atoms with E-state index in [-0.39, 0.29) is 0 Å². The van der Waals surface area contributed by atoms with E-state index in [0.29, 0.717) is 11.6 Å². The van der Waals surface area contributed by atoms with Gasteiger partial charge in [0.25, 0.3) is 0 Å². The predicted octanol–water partition coefficient (Wildman–Crippen LogP) is 7.48. The molecule has 1 aliphatic carbocycles. The van der Waals surface area contributed by atoms with Crippen LogP contribution in [0, 0.1) is 13.8 Å². The van der Waals surface area contributed by atoms with E-state index in [1.165, 1.54) is 27.2 Å². The van der Waals surface area contributed by atoms with Crippen LogP contribution in [0.4, 0.5) is 0 Å². The number of aromatic nitrogens is 2. The molecule has 0 radical (unpaired) electrons. The van der Waals surface area contributed by atoms with Gasteiger partial charge in [-0.1, -0.05) is 49.4 Å². The summed E-state index contributed by atoms with van der Waals surface area (Å²) < 4.78 is 2.17. The van der Waals surface area contributed by atoms with E-state index in [2.05, 4.69) is 86.9 Å². The number of hydrogen-bond acceptors (Lipinski definition) is 3. The van der Waals surface area contributed by atoms with Gasteiger partial charge in [0.1, 0.15) is 11.4 Å². The van der Waals surface area contributed by atoms with Crippen LogP contribution in [0.25, 0.3) is 17.1 Å². The van der Waals surface area contributed by atoms with Gasteiger partial charge in [-0.2, -0.15) is 0 Å². The Kier molecular flexibility index (Phi) is 6.69. The van der Waals surface area contributed by atoms with Crippen molar-refractivity contribution in [2.75, 3.05) is 5.75 Å². The molecular formula is C29H34N2OS. The summed E-state index contributed by atoms with van der Waals surface area (Å²) >= 11 is 1.89. The number of nitrogens with zero attached hydrogens (tertiary/aromatic N) is 2. The van der Waals surface area contributed by atoms with Crippen LogP contribution in [0.2, 0.25) is 0 Å². The molecule has 33 heavy (non-hydrogen) atoms. The summed E-state index contributed by atoms with van der Waals surface area (Å²) in [5.74, 6) is 2.34. The highest BCUT2D eigenvalue weighted by Gasteiger charge is 2.26. The van der Waals surface area contributed by atoms with E-state index in [1.54, 1.807) is 13.8 Å². The molecule has 3 aromatic rings. The monoisotopic (exact) mass is 458 g/mol. The molecular weight excluding hydrogens is 424 g/mol. The van der Waals surface area contributed by atoms with Gasteiger partial charge in [-0.3, -0.25) is 4.57 Å². The third-order valence-corrected chi connectivity index (χ3v) is 7.19. The second-order valence-corrected chi connectivity index (χ2v) is 10.8. The van der Waals surface area contributed by atoms with Crippen LogP contribution in [0.15, 0.2) is 71.3 Å². The highest BCUT2D eigenvalue weighted by Crippen LogP contribution is 2.38. The second-order valence-electron chi connectivity index (χ2n) is 9.43. The van der Waals surface area contributed by atoms with Crippen molar-refractivity contribution >= 4 is 17.5 Å². The fourth-order valence-corrected chi connectivity index (χ4v) is 5.31. The van der Waals surface area contributed by atoms with Crippen molar-refractivity contribution in [3.05, 3.63) is 88.8 Å². The first kappa shape index (κ1) is 23.6. The fourth-order valence-electron chi connectivity index (χ4n) is 4.58. The lowest BCUT2D eigenvalue weighted by Gasteiger charge is -2.23. The summed E-state index contributed by atoms with van der Waals surface area (Å²) in [6, 6.07) is 15.3. The molecule has 2 aromatic carbocycles. The summed E-state index contributed by atoms with van der Waals surface area (Å²) in [5, 5.41) is 10.7. The SMILES string of the molecule is CCSc1cccc(C2C=C(C)C(n3cc(C(C)(C)O)nc3-c3c(C)cccc3C)=CC2)c1. The molecule has 172 valence electrons. The molecule has 1 heterocycles. The Labute approximate surface area is 202 Å². The van der Waals surface area contributed by atoms with Crippen LogP contribution in [0.5, 0.6) is 0 Å². The van der Waals surface area contributed by atoms with Gasteiger partial charge in [0, 0.05) is 28.3 Å². The first-order valence-electron chi connectivity index (χ1n) is 11.7. The number of hydrogen-bond donors (Lipinski definition) is 1. The van der Waals surface area contributed by atoms with Crippen LogP contribution < -0.4 is 0 Å². The lowest BCUT2D eigenvalue weighted by Crippen LogP contribution is -2.15. The van der Waals surface area contributed by atoms with Crippen LogP contribution in [0.3, 0.4) is 0 Å². The molecule has 1 aliphatic rings. The quantitative estimate of drug-likeness (QED) is 0.389. The highest BCUT2D eigenvalue weighted by molar-refractivity contribution is 7.99. The van der Waals surface area contributed by atoms with Crippen molar-refractivity contribution in [3.8, 4) is 11.4 Å². The Balaban J connectivity index is 1.76. The average Bonchev–Trinajstić information content (AvgIpc) is 3.19. The fraction of sp³-hybridized carbons (Fsp3) is 0.345. The van der Waals surface area contributed by atoms with Gasteiger partial charge in [-0.25, -0.2) is 4.98 Å². The number of imidazole rings is 1. The zero-order valence-corrected chi connectivity index (χ0v) is 21.3. The molecule has 0 spiro atoms. The third kappa shape index (κ3) is 4.87. The third-order valence-electron chi connectivity index (χ3n) is 6.31. The van der Waals surface area contributed by atoms with E-state index < -0.39 is 5.60 Å². The molecule has 0 saturated carbocycles. The number of rotatable bonds is 6. The zero-order chi connectivity index (χ0) is 23.8. The molecule has 1 unspecified atom stereocenters. The van der Waals surface area contributed by atoms with Crippen molar-refractivity contribution < 1.29 is 5.11 Å². The Morgan fingerprint density at radius 3 is 2.42 bits per heavy atom. The lowest BCUT2D eigenvalue weighted by atomic mass is 9.88. The maximum absolute atomic E-state index is 10.7. The first-order chi connectivity index (χ1) is 15.7. The van der Waals surface area contributed by atoms with Gasteiger partial charge in [-0.15, -0.1) is 11.8 Å². The van der Waals surface area contributed by atoms with Crippen molar-refractivity contribution in [2.45, 2.75) is 64.4 Å². The molecule has 1 aromatic heterocycles. The van der Waals surface area contributed by atoms with Gasteiger partial charge in [0.2, 0.25) is 0 Å². The number of benzene rings is 2. The lowest BCUT2D eigenvalue weighted by molar-refractivity contribution is 0.0743. The minimum atomic E-state index is -1.01. The zero-order valence-electron chi connectivity index (χ0n) is 20.5. The largest absolute Gasteiger partial charge is 0.384 e. The standard InChI is InChI=1S/C29H34N2OS/c1-7-33-24-13-9-12-22(17-24)23-14-15-25(21(4)16-23)31-18-26(29(5,6)32)30-28(31)27-19(2)10-8-11-20(27)3/h8-13,15-18,23,32H,7,14H2,1-6H3. The van der Waals surface area contributed by atoms with Gasteiger partial charge >= 0.3 is 0 Å². The normalized spacial score (nSPS) is 16.5. The van der Waals surface area contributed by atoms with Crippen LogP contribution in [-0.4, -0.2) is 20.4 Å². The van der Waals surface area contributed by atoms with Gasteiger partial charge in [0.15, 0.2) is 0 Å². The molecule has 0 bridgehead atoms. The van der Waals surface area contributed by atoms with Crippen LogP contribution in [0.1, 0.15) is 62.4 Å². The molecule has 1 atom stereocenters. The first-order valence-corrected chi connectivity index (χ1v) is 12.7. The summed E-state index contributed by atoms with van der Waals surface area (Å²) in [7, 11) is 0. The highest BCUT2D eigenvalue weighted by atomic mass is 32.2. The van der Waals surface area contributed by atoms with Gasteiger partial charge in [-0.05, 0) is 81.2 Å². The summed E-state index contributed by atoms with van der Waals surface area (Å²) in [6.45, 7) is 12.2. The van der Waals surface area contributed by atoms with Crippen molar-refractivity contribution in [3.63, 3.8) is 0 Å². The summed E-state index contributed by atoms with van der Waals surface area (Å²) in [4.78, 5) is 6.27. The topological polar surface area (TPSA) is 38.0 Å². The smallest absolute Gasteiger partial charge is 0.145 e. The van der Waals surface area contributed by atoms with E-state index >= 15 is 0 Å². The molecule has 3 nitrogen and oxygen atoms in total. The van der Waals surface area contributed by atoms with E-state index in [4.69, 9.17) is 4.98 Å². The second kappa shape index (κ2) is 9.36. The Hall–Kier alpha value is -2.56. The molecule has 0 amide bonds. The minimum absolute atomic E-state index is 0.368. The van der Waals surface area contributed by atoms with Crippen LogP contribution >= 0.6 is 11.8 Å². The molecule has 0 aliphatic heterocycles. The molecule has 0 fully saturated rings. The maximum Gasteiger partial charge on any atom is 0.145 e. The van der Waals surface area contributed by atoms with Crippen molar-refractivity contribution in [1.29, 1.82) is 0 Å². The molecule has 4 heteroatoms. The number of thioether (sulfide) groups is 1. The van der Waals surface area contributed by atoms with E-state index in [0.717, 1.165) is 29.3 Å². The Morgan fingerprint density at radius 1 is 1.09 bits per heavy atom. The average molecular weight is 459 g/mol. The van der Waals surface area contributed by atoms with E-state index in [1.807, 2.05) is 18.0 Å². The summed E-state index contributed by atoms with van der Waals surface area (Å²) in [5.41, 5.74) is 6.91. The van der Waals surface area contributed by atoms with Crippen molar-refractivity contribution in [1.82, 2.24) is 9.55 Å². The van der Waals surface area contributed by atoms with Gasteiger partial charge in [0.05, 0.1) is 5.69 Å². The number of allylic oxidation sites excluding steroid dienone is 4.